The molecule has 1 N–H and O–H groups in total. The van der Waals surface area contributed by atoms with Crippen molar-refractivity contribution >= 4 is 37.7 Å². The second-order valence-electron chi connectivity index (χ2n) is 0.761. The molecule has 0 aliphatic heterocycles. The predicted octanol–water partition coefficient (Wildman–Crippen LogP) is -0.887. The van der Waals surface area contributed by atoms with Gasteiger partial charge in [-0.2, -0.15) is 0 Å². The van der Waals surface area contributed by atoms with Crippen LogP contribution < -0.4 is 0 Å². The smallest absolute Gasteiger partial charge is 0.0919 e. The molecule has 0 bridgehead atoms. The fraction of sp³-hybridized carbons (Fsp3) is 0. The molecule has 2 nitrogen and oxygen atoms in total. The van der Waals surface area contributed by atoms with E-state index in [9.17, 15) is 0 Å². The maximum Gasteiger partial charge on any atom is 0.0919 e. The topological polar surface area (TPSA) is 28.7 Å². The Hall–Kier alpha value is 0.405. The number of nitrogens with one attached hydrogen (secondary N) is 1. The second-order valence-corrected chi connectivity index (χ2v) is 0.761. The maximum absolute atomic E-state index is 3.67. The molecule has 30 valence electrons. The zero-order chi connectivity index (χ0) is 3.54. The van der Waals surface area contributed by atoms with Crippen molar-refractivity contribution in [2.75, 3.05) is 0 Å². The molecule has 7 heavy (non-hydrogen) atoms. The first kappa shape index (κ1) is 10.4. The largest absolute Gasteiger partial charge is 0.351 e. The van der Waals surface area contributed by atoms with Gasteiger partial charge in [0.2, 0.25) is 0 Å². The number of hydrogen-bond donors (Lipinski definition) is 1. The SMILES string of the molecule is [LiH].[LiH].c1c[nH]cn1. The van der Waals surface area contributed by atoms with Crippen LogP contribution in [0, 0.1) is 0 Å². The molecular weight excluding hydrogens is 77.9 g/mol. The van der Waals surface area contributed by atoms with E-state index in [1.54, 1.807) is 18.7 Å². The fourth-order valence-corrected chi connectivity index (χ4v) is 0.215. The number of nitrogens with zero attached hydrogens (tertiary/aromatic N) is 1. The van der Waals surface area contributed by atoms with Gasteiger partial charge in [-0.3, -0.25) is 0 Å². The summed E-state index contributed by atoms with van der Waals surface area (Å²) < 4.78 is 0. The van der Waals surface area contributed by atoms with Gasteiger partial charge in [0.25, 0.3) is 0 Å². The van der Waals surface area contributed by atoms with Crippen molar-refractivity contribution in [2.24, 2.45) is 0 Å². The van der Waals surface area contributed by atoms with Crippen LogP contribution >= 0.6 is 0 Å². The van der Waals surface area contributed by atoms with Crippen molar-refractivity contribution in [3.63, 3.8) is 0 Å². The van der Waals surface area contributed by atoms with E-state index in [0.29, 0.717) is 0 Å². The van der Waals surface area contributed by atoms with Gasteiger partial charge in [0.1, 0.15) is 0 Å². The Kier molecular flexibility index (Phi) is 9.51. The summed E-state index contributed by atoms with van der Waals surface area (Å²) in [5.41, 5.74) is 0. The number of rotatable bonds is 0. The summed E-state index contributed by atoms with van der Waals surface area (Å²) in [6, 6.07) is 0. The number of H-pyrrole nitrogens is 1. The monoisotopic (exact) mass is 84.1 g/mol. The molecule has 0 amide bonds. The fourth-order valence-electron chi connectivity index (χ4n) is 0.215. The van der Waals surface area contributed by atoms with E-state index in [-0.39, 0.29) is 37.7 Å². The molecule has 1 aromatic rings. The summed E-state index contributed by atoms with van der Waals surface area (Å²) >= 11 is 0. The molecule has 1 aromatic heterocycles. The van der Waals surface area contributed by atoms with Gasteiger partial charge in [-0.15, -0.1) is 0 Å². The maximum atomic E-state index is 3.67. The number of aromatic amines is 1. The Morgan fingerprint density at radius 1 is 1.29 bits per heavy atom. The summed E-state index contributed by atoms with van der Waals surface area (Å²) in [6.07, 6.45) is 5.08. The molecule has 0 atom stereocenters. The number of aromatic nitrogens is 2. The van der Waals surface area contributed by atoms with Gasteiger partial charge in [0.05, 0.1) is 6.33 Å². The Bertz CT molecular complexity index is 67.4. The molecule has 0 saturated heterocycles. The standard InChI is InChI=1S/C3H4N2.2Li.2H/c1-2-5-3-4-1;;;;/h1-3H,(H,4,5);;;;. The minimum atomic E-state index is 0. The van der Waals surface area contributed by atoms with E-state index < -0.39 is 0 Å². The third-order valence-electron chi connectivity index (χ3n) is 0.406. The predicted molar refractivity (Wildman–Crippen MR) is 32.9 cm³/mol. The van der Waals surface area contributed by atoms with E-state index in [1.165, 1.54) is 0 Å². The summed E-state index contributed by atoms with van der Waals surface area (Å²) in [4.78, 5) is 6.42. The molecule has 0 unspecified atom stereocenters. The average Bonchev–Trinajstić information content (AvgIpc) is 1.76. The van der Waals surface area contributed by atoms with Crippen molar-refractivity contribution in [2.45, 2.75) is 0 Å². The first-order chi connectivity index (χ1) is 2.50. The van der Waals surface area contributed by atoms with Gasteiger partial charge in [-0.05, 0) is 0 Å². The van der Waals surface area contributed by atoms with E-state index in [2.05, 4.69) is 9.97 Å². The Morgan fingerprint density at radius 2 is 2.00 bits per heavy atom. The molecule has 0 saturated carbocycles. The molecule has 0 radical (unpaired) electrons. The van der Waals surface area contributed by atoms with Crippen LogP contribution in [0.25, 0.3) is 0 Å². The van der Waals surface area contributed by atoms with Gasteiger partial charge >= 0.3 is 37.7 Å². The summed E-state index contributed by atoms with van der Waals surface area (Å²) in [6.45, 7) is 0. The molecular formula is C3H6Li2N2. The van der Waals surface area contributed by atoms with Gasteiger partial charge < -0.3 is 4.98 Å². The zero-order valence-electron chi connectivity index (χ0n) is 2.68. The molecule has 1 rings (SSSR count). The van der Waals surface area contributed by atoms with Crippen molar-refractivity contribution in [1.29, 1.82) is 0 Å². The molecule has 0 aliphatic rings. The summed E-state index contributed by atoms with van der Waals surface area (Å²) in [5, 5.41) is 0. The zero-order valence-corrected chi connectivity index (χ0v) is 2.68. The first-order valence-electron chi connectivity index (χ1n) is 1.43. The second kappa shape index (κ2) is 6.40. The van der Waals surface area contributed by atoms with Crippen molar-refractivity contribution in [3.8, 4) is 0 Å². The van der Waals surface area contributed by atoms with Crippen molar-refractivity contribution in [3.05, 3.63) is 18.7 Å². The van der Waals surface area contributed by atoms with Gasteiger partial charge in [-0.25, -0.2) is 4.98 Å². The first-order valence-corrected chi connectivity index (χ1v) is 1.43. The third-order valence-corrected chi connectivity index (χ3v) is 0.406. The van der Waals surface area contributed by atoms with Crippen LogP contribution in [-0.4, -0.2) is 47.7 Å². The van der Waals surface area contributed by atoms with Crippen LogP contribution in [0.15, 0.2) is 18.7 Å². The Morgan fingerprint density at radius 3 is 2.14 bits per heavy atom. The van der Waals surface area contributed by atoms with Crippen LogP contribution in [0.5, 0.6) is 0 Å². The van der Waals surface area contributed by atoms with Gasteiger partial charge in [-0.1, -0.05) is 0 Å². The van der Waals surface area contributed by atoms with Crippen molar-refractivity contribution in [1.82, 2.24) is 9.97 Å². The average molecular weight is 84.0 g/mol. The molecule has 0 aromatic carbocycles. The Labute approximate surface area is 66.5 Å². The third kappa shape index (κ3) is 4.25. The van der Waals surface area contributed by atoms with Crippen LogP contribution in [0.1, 0.15) is 0 Å². The van der Waals surface area contributed by atoms with Gasteiger partial charge in [0.15, 0.2) is 0 Å². The molecule has 0 spiro atoms. The number of imidazole rings is 1. The Balaban J connectivity index is 0. The van der Waals surface area contributed by atoms with E-state index in [4.69, 9.17) is 0 Å². The summed E-state index contributed by atoms with van der Waals surface area (Å²) in [5.74, 6) is 0. The molecule has 4 heteroatoms. The number of hydrogen-bond acceptors (Lipinski definition) is 1. The molecule has 0 aliphatic carbocycles. The van der Waals surface area contributed by atoms with Crippen LogP contribution in [0.3, 0.4) is 0 Å². The normalized spacial score (nSPS) is 5.71. The quantitative estimate of drug-likeness (QED) is 0.406. The van der Waals surface area contributed by atoms with E-state index in [0.717, 1.165) is 0 Å². The summed E-state index contributed by atoms with van der Waals surface area (Å²) in [7, 11) is 0. The van der Waals surface area contributed by atoms with Gasteiger partial charge in [0, 0.05) is 12.4 Å². The van der Waals surface area contributed by atoms with E-state index in [1.807, 2.05) is 0 Å². The van der Waals surface area contributed by atoms with Crippen LogP contribution in [0.2, 0.25) is 0 Å². The van der Waals surface area contributed by atoms with Crippen LogP contribution in [-0.2, 0) is 0 Å². The molecule has 1 heterocycles. The van der Waals surface area contributed by atoms with E-state index >= 15 is 0 Å². The van der Waals surface area contributed by atoms with Crippen LogP contribution in [0.4, 0.5) is 0 Å². The minimum absolute atomic E-state index is 0. The van der Waals surface area contributed by atoms with Crippen molar-refractivity contribution < 1.29 is 0 Å². The minimum Gasteiger partial charge on any atom is -0.351 e. The molecule has 0 fully saturated rings.